The van der Waals surface area contributed by atoms with Crippen LogP contribution in [0.1, 0.15) is 63.5 Å². The fourth-order valence-corrected chi connectivity index (χ4v) is 6.57. The fraction of sp³-hybridized carbons (Fsp3) is 0.692. The molecule has 1 amide bonds. The standard InChI is InChI=1S/C26H38N4O/c1-19(2)20-7-9-22(10-8-20)29-15-11-26(12-16-29)23-6-4-3-5-21(23)17-30(25(26)31)18-24-27-13-14-28-24/h3-6,19-20,22H,7-18H2,1-2H3,(H,27,28)/t20-,22+. The van der Waals surface area contributed by atoms with Crippen LogP contribution in [0.25, 0.3) is 0 Å². The molecular formula is C26H38N4O. The molecule has 5 rings (SSSR count). The summed E-state index contributed by atoms with van der Waals surface area (Å²) in [6, 6.07) is 9.40. The SMILES string of the molecule is CC(C)[C@H]1CC[C@@H](N2CCC3(CC2)C(=O)N(CC2=NCCN2)Cc2ccccc23)CC1. The highest BCUT2D eigenvalue weighted by Crippen LogP contribution is 2.44. The number of nitrogens with zero attached hydrogens (tertiary/aromatic N) is 3. The van der Waals surface area contributed by atoms with Gasteiger partial charge in [-0.2, -0.15) is 0 Å². The molecule has 5 nitrogen and oxygen atoms in total. The predicted octanol–water partition coefficient (Wildman–Crippen LogP) is 3.58. The molecule has 1 spiro atoms. The summed E-state index contributed by atoms with van der Waals surface area (Å²) in [6.45, 7) is 9.90. The third kappa shape index (κ3) is 3.90. The summed E-state index contributed by atoms with van der Waals surface area (Å²) in [4.78, 5) is 23.2. The van der Waals surface area contributed by atoms with Crippen LogP contribution in [0.15, 0.2) is 29.3 Å². The fourth-order valence-electron chi connectivity index (χ4n) is 6.57. The van der Waals surface area contributed by atoms with E-state index in [9.17, 15) is 4.79 Å². The highest BCUT2D eigenvalue weighted by molar-refractivity contribution is 5.95. The predicted molar refractivity (Wildman–Crippen MR) is 125 cm³/mol. The third-order valence-electron chi connectivity index (χ3n) is 8.53. The smallest absolute Gasteiger partial charge is 0.234 e. The second-order valence-corrected chi connectivity index (χ2v) is 10.5. The maximum atomic E-state index is 13.9. The third-order valence-corrected chi connectivity index (χ3v) is 8.53. The quantitative estimate of drug-likeness (QED) is 0.807. The van der Waals surface area contributed by atoms with Crippen LogP contribution in [0.2, 0.25) is 0 Å². The lowest BCUT2D eigenvalue weighted by molar-refractivity contribution is -0.141. The van der Waals surface area contributed by atoms with Crippen LogP contribution in [-0.4, -0.2) is 60.3 Å². The summed E-state index contributed by atoms with van der Waals surface area (Å²) in [5, 5.41) is 3.35. The van der Waals surface area contributed by atoms with Crippen molar-refractivity contribution in [1.29, 1.82) is 0 Å². The zero-order valence-electron chi connectivity index (χ0n) is 19.3. The number of rotatable bonds is 4. The van der Waals surface area contributed by atoms with Crippen LogP contribution < -0.4 is 5.32 Å². The maximum Gasteiger partial charge on any atom is 0.234 e. The second-order valence-electron chi connectivity index (χ2n) is 10.5. The molecule has 3 aliphatic heterocycles. The van der Waals surface area contributed by atoms with Gasteiger partial charge >= 0.3 is 0 Å². The van der Waals surface area contributed by atoms with Crippen LogP contribution in [0.3, 0.4) is 0 Å². The summed E-state index contributed by atoms with van der Waals surface area (Å²) in [6.07, 6.45) is 7.30. The molecule has 1 saturated heterocycles. The molecule has 0 aromatic heterocycles. The van der Waals surface area contributed by atoms with Gasteiger partial charge in [0.05, 0.1) is 18.5 Å². The molecular weight excluding hydrogens is 384 g/mol. The van der Waals surface area contributed by atoms with Gasteiger partial charge in [0, 0.05) is 19.1 Å². The Bertz CT molecular complexity index is 832. The van der Waals surface area contributed by atoms with E-state index in [4.69, 9.17) is 0 Å². The molecule has 1 aromatic carbocycles. The summed E-state index contributed by atoms with van der Waals surface area (Å²) in [5.74, 6) is 3.01. The first-order valence-corrected chi connectivity index (χ1v) is 12.5. The van der Waals surface area contributed by atoms with E-state index in [-0.39, 0.29) is 5.41 Å². The van der Waals surface area contributed by atoms with Crippen molar-refractivity contribution in [3.05, 3.63) is 35.4 Å². The Labute approximate surface area is 187 Å². The van der Waals surface area contributed by atoms with E-state index < -0.39 is 0 Å². The van der Waals surface area contributed by atoms with E-state index in [2.05, 4.69) is 58.2 Å². The monoisotopic (exact) mass is 422 g/mol. The van der Waals surface area contributed by atoms with Gasteiger partial charge in [0.15, 0.2) is 0 Å². The average Bonchev–Trinajstić information content (AvgIpc) is 3.31. The van der Waals surface area contributed by atoms with Crippen molar-refractivity contribution in [3.8, 4) is 0 Å². The minimum absolute atomic E-state index is 0.325. The molecule has 2 fully saturated rings. The van der Waals surface area contributed by atoms with Crippen LogP contribution >= 0.6 is 0 Å². The first-order valence-electron chi connectivity index (χ1n) is 12.5. The van der Waals surface area contributed by atoms with E-state index in [1.807, 2.05) is 0 Å². The summed E-state index contributed by atoms with van der Waals surface area (Å²) < 4.78 is 0. The van der Waals surface area contributed by atoms with Crippen molar-refractivity contribution in [3.63, 3.8) is 0 Å². The molecule has 5 heteroatoms. The van der Waals surface area contributed by atoms with Crippen molar-refractivity contribution in [2.75, 3.05) is 32.7 Å². The zero-order chi connectivity index (χ0) is 21.4. The number of aliphatic imine (C=N–C) groups is 1. The molecule has 1 N–H and O–H groups in total. The Morgan fingerprint density at radius 3 is 2.55 bits per heavy atom. The van der Waals surface area contributed by atoms with Gasteiger partial charge in [-0.05, 0) is 74.6 Å². The Morgan fingerprint density at radius 2 is 1.87 bits per heavy atom. The molecule has 3 heterocycles. The Balaban J connectivity index is 1.32. The number of hydrogen-bond acceptors (Lipinski definition) is 4. The van der Waals surface area contributed by atoms with Gasteiger partial charge in [-0.15, -0.1) is 0 Å². The Kier molecular flexibility index (Phi) is 5.80. The molecule has 0 unspecified atom stereocenters. The lowest BCUT2D eigenvalue weighted by atomic mass is 9.67. The average molecular weight is 423 g/mol. The number of carbonyl (C=O) groups excluding carboxylic acids is 1. The Hall–Kier alpha value is -1.88. The molecule has 31 heavy (non-hydrogen) atoms. The number of fused-ring (bicyclic) bond motifs is 2. The minimum Gasteiger partial charge on any atom is -0.370 e. The first-order chi connectivity index (χ1) is 15.1. The van der Waals surface area contributed by atoms with E-state index >= 15 is 0 Å². The Morgan fingerprint density at radius 1 is 1.13 bits per heavy atom. The highest BCUT2D eigenvalue weighted by Gasteiger charge is 2.49. The largest absolute Gasteiger partial charge is 0.370 e. The van der Waals surface area contributed by atoms with E-state index in [0.29, 0.717) is 19.0 Å². The zero-order valence-corrected chi connectivity index (χ0v) is 19.3. The van der Waals surface area contributed by atoms with Crippen LogP contribution in [0.5, 0.6) is 0 Å². The van der Waals surface area contributed by atoms with Crippen LogP contribution in [0, 0.1) is 11.8 Å². The van der Waals surface area contributed by atoms with Crippen molar-refractivity contribution >= 4 is 11.7 Å². The van der Waals surface area contributed by atoms with Gasteiger partial charge in [0.25, 0.3) is 0 Å². The van der Waals surface area contributed by atoms with Crippen molar-refractivity contribution in [2.24, 2.45) is 16.8 Å². The van der Waals surface area contributed by atoms with Crippen molar-refractivity contribution in [2.45, 2.75) is 70.4 Å². The number of piperidine rings is 1. The molecule has 168 valence electrons. The van der Waals surface area contributed by atoms with Gasteiger partial charge in [0.2, 0.25) is 5.91 Å². The summed E-state index contributed by atoms with van der Waals surface area (Å²) in [5.41, 5.74) is 2.27. The molecule has 4 aliphatic rings. The van der Waals surface area contributed by atoms with Gasteiger partial charge in [-0.25, -0.2) is 0 Å². The summed E-state index contributed by atoms with van der Waals surface area (Å²) in [7, 11) is 0. The molecule has 0 radical (unpaired) electrons. The number of hydrogen-bond donors (Lipinski definition) is 1. The normalized spacial score (nSPS) is 28.5. The number of nitrogens with one attached hydrogen (secondary N) is 1. The molecule has 1 saturated carbocycles. The van der Waals surface area contributed by atoms with Gasteiger partial charge in [0.1, 0.15) is 5.84 Å². The number of likely N-dealkylation sites (tertiary alicyclic amines) is 1. The van der Waals surface area contributed by atoms with Gasteiger partial charge in [-0.1, -0.05) is 38.1 Å². The maximum absolute atomic E-state index is 13.9. The van der Waals surface area contributed by atoms with Gasteiger partial charge < -0.3 is 15.1 Å². The number of amidine groups is 1. The summed E-state index contributed by atoms with van der Waals surface area (Å²) >= 11 is 0. The second kappa shape index (κ2) is 8.57. The minimum atomic E-state index is -0.348. The van der Waals surface area contributed by atoms with E-state index in [0.717, 1.165) is 62.7 Å². The van der Waals surface area contributed by atoms with Gasteiger partial charge in [-0.3, -0.25) is 9.79 Å². The number of benzene rings is 1. The van der Waals surface area contributed by atoms with E-state index in [1.165, 1.54) is 36.8 Å². The van der Waals surface area contributed by atoms with E-state index in [1.54, 1.807) is 0 Å². The molecule has 0 bridgehead atoms. The van der Waals surface area contributed by atoms with Crippen molar-refractivity contribution in [1.82, 2.24) is 15.1 Å². The lowest BCUT2D eigenvalue weighted by Gasteiger charge is -2.49. The van der Waals surface area contributed by atoms with Crippen LogP contribution in [-0.2, 0) is 16.8 Å². The van der Waals surface area contributed by atoms with Crippen molar-refractivity contribution < 1.29 is 4.79 Å². The highest BCUT2D eigenvalue weighted by atomic mass is 16.2. The molecule has 1 aromatic rings. The number of carbonyl (C=O) groups is 1. The van der Waals surface area contributed by atoms with Crippen LogP contribution in [0.4, 0.5) is 0 Å². The topological polar surface area (TPSA) is 47.9 Å². The lowest BCUT2D eigenvalue weighted by Crippen LogP contribution is -2.58. The number of amides is 1. The first kappa shape index (κ1) is 21.0. The molecule has 0 atom stereocenters. The molecule has 1 aliphatic carbocycles.